The van der Waals surface area contributed by atoms with Gasteiger partial charge in [-0.1, -0.05) is 27.7 Å². The molecule has 1 aliphatic heterocycles. The van der Waals surface area contributed by atoms with Crippen molar-refractivity contribution < 1.29 is 0 Å². The van der Waals surface area contributed by atoms with Crippen LogP contribution in [0.4, 0.5) is 0 Å². The van der Waals surface area contributed by atoms with Crippen LogP contribution < -0.4 is 5.32 Å². The second kappa shape index (κ2) is 8.13. The Morgan fingerprint density at radius 1 is 0.889 bits per heavy atom. The lowest BCUT2D eigenvalue weighted by atomic mass is 10.1. The molecule has 0 aromatic carbocycles. The van der Waals surface area contributed by atoms with E-state index in [4.69, 9.17) is 0 Å². The molecule has 0 radical (unpaired) electrons. The molecule has 3 heteroatoms. The van der Waals surface area contributed by atoms with Gasteiger partial charge in [-0.15, -0.1) is 0 Å². The van der Waals surface area contributed by atoms with Gasteiger partial charge in [0.05, 0.1) is 0 Å². The summed E-state index contributed by atoms with van der Waals surface area (Å²) in [4.78, 5) is 5.20. The van der Waals surface area contributed by atoms with Crippen molar-refractivity contribution in [2.45, 2.75) is 40.7 Å². The molecule has 3 nitrogen and oxygen atoms in total. The van der Waals surface area contributed by atoms with E-state index in [0.717, 1.165) is 18.4 Å². The predicted molar refractivity (Wildman–Crippen MR) is 80.0 cm³/mol. The van der Waals surface area contributed by atoms with Gasteiger partial charge in [0.2, 0.25) is 0 Å². The van der Waals surface area contributed by atoms with E-state index in [-0.39, 0.29) is 0 Å². The summed E-state index contributed by atoms with van der Waals surface area (Å²) in [6.07, 6.45) is 0. The average Bonchev–Trinajstić information content (AvgIpc) is 2.30. The van der Waals surface area contributed by atoms with Crippen LogP contribution in [0.25, 0.3) is 0 Å². The second-order valence-electron chi connectivity index (χ2n) is 6.52. The maximum absolute atomic E-state index is 3.62. The van der Waals surface area contributed by atoms with E-state index < -0.39 is 0 Å². The Hall–Kier alpha value is -0.120. The van der Waals surface area contributed by atoms with E-state index in [2.05, 4.69) is 49.7 Å². The van der Waals surface area contributed by atoms with Crippen molar-refractivity contribution in [1.82, 2.24) is 15.1 Å². The largest absolute Gasteiger partial charge is 0.313 e. The zero-order valence-corrected chi connectivity index (χ0v) is 13.1. The normalized spacial score (nSPS) is 20.8. The third-order valence-corrected chi connectivity index (χ3v) is 3.98. The van der Waals surface area contributed by atoms with E-state index >= 15 is 0 Å². The van der Waals surface area contributed by atoms with Crippen LogP contribution in [0.1, 0.15) is 34.6 Å². The third-order valence-electron chi connectivity index (χ3n) is 3.98. The summed E-state index contributed by atoms with van der Waals surface area (Å²) in [7, 11) is 0. The number of nitrogens with zero attached hydrogens (tertiary/aromatic N) is 2. The Morgan fingerprint density at radius 2 is 1.44 bits per heavy atom. The first-order chi connectivity index (χ1) is 8.49. The van der Waals surface area contributed by atoms with Crippen LogP contribution >= 0.6 is 0 Å². The molecule has 0 aromatic rings. The van der Waals surface area contributed by atoms with Gasteiger partial charge in [0.25, 0.3) is 0 Å². The van der Waals surface area contributed by atoms with E-state index in [1.807, 2.05) is 0 Å². The molecule has 108 valence electrons. The van der Waals surface area contributed by atoms with Crippen LogP contribution in [0.15, 0.2) is 0 Å². The quantitative estimate of drug-likeness (QED) is 0.749. The van der Waals surface area contributed by atoms with Crippen molar-refractivity contribution in [3.8, 4) is 0 Å². The molecule has 1 rings (SSSR count). The Morgan fingerprint density at radius 3 is 1.94 bits per heavy atom. The highest BCUT2D eigenvalue weighted by Gasteiger charge is 2.17. The van der Waals surface area contributed by atoms with Gasteiger partial charge in [-0.3, -0.25) is 4.90 Å². The smallest absolute Gasteiger partial charge is 0.0110 e. The van der Waals surface area contributed by atoms with Crippen LogP contribution in [0.2, 0.25) is 0 Å². The highest BCUT2D eigenvalue weighted by atomic mass is 15.3. The fourth-order valence-corrected chi connectivity index (χ4v) is 2.40. The summed E-state index contributed by atoms with van der Waals surface area (Å²) in [5, 5.41) is 3.62. The van der Waals surface area contributed by atoms with Crippen molar-refractivity contribution in [2.75, 3.05) is 45.8 Å². The molecule has 1 saturated heterocycles. The fraction of sp³-hybridized carbons (Fsp3) is 1.00. The molecule has 1 heterocycles. The Kier molecular flexibility index (Phi) is 7.20. The molecule has 0 amide bonds. The minimum absolute atomic E-state index is 0.632. The molecule has 0 saturated carbocycles. The zero-order chi connectivity index (χ0) is 13.5. The van der Waals surface area contributed by atoms with Crippen LogP contribution in [0.3, 0.4) is 0 Å². The summed E-state index contributed by atoms with van der Waals surface area (Å²) in [6.45, 7) is 20.0. The van der Waals surface area contributed by atoms with Gasteiger partial charge < -0.3 is 10.2 Å². The van der Waals surface area contributed by atoms with Gasteiger partial charge in [-0.2, -0.15) is 0 Å². The Bertz CT molecular complexity index is 208. The molecule has 1 fully saturated rings. The maximum Gasteiger partial charge on any atom is 0.0110 e. The molecule has 1 atom stereocenters. The first-order valence-electron chi connectivity index (χ1n) is 7.67. The fourth-order valence-electron chi connectivity index (χ4n) is 2.40. The minimum Gasteiger partial charge on any atom is -0.313 e. The lowest BCUT2D eigenvalue weighted by Gasteiger charge is -2.35. The summed E-state index contributed by atoms with van der Waals surface area (Å²) < 4.78 is 0. The summed E-state index contributed by atoms with van der Waals surface area (Å²) in [5.41, 5.74) is 0. The minimum atomic E-state index is 0.632. The van der Waals surface area contributed by atoms with Crippen molar-refractivity contribution in [2.24, 2.45) is 11.8 Å². The summed E-state index contributed by atoms with van der Waals surface area (Å²) in [6, 6.07) is 0.632. The van der Waals surface area contributed by atoms with Gasteiger partial charge in [0.1, 0.15) is 0 Å². The Balaban J connectivity index is 2.09. The monoisotopic (exact) mass is 255 g/mol. The van der Waals surface area contributed by atoms with E-state index in [0.29, 0.717) is 6.04 Å². The molecular weight excluding hydrogens is 222 g/mol. The van der Waals surface area contributed by atoms with Gasteiger partial charge in [-0.05, 0) is 18.8 Å². The number of rotatable bonds is 7. The van der Waals surface area contributed by atoms with Gasteiger partial charge in [0.15, 0.2) is 0 Å². The van der Waals surface area contributed by atoms with E-state index in [9.17, 15) is 0 Å². The third kappa shape index (κ3) is 6.17. The number of hydrogen-bond acceptors (Lipinski definition) is 3. The molecule has 1 aliphatic rings. The molecule has 1 N–H and O–H groups in total. The second-order valence-corrected chi connectivity index (χ2v) is 6.52. The molecule has 0 aromatic heterocycles. The first kappa shape index (κ1) is 15.9. The highest BCUT2D eigenvalue weighted by molar-refractivity contribution is 4.74. The molecule has 0 aliphatic carbocycles. The number of nitrogens with one attached hydrogen (secondary N) is 1. The van der Waals surface area contributed by atoms with Crippen LogP contribution in [-0.2, 0) is 0 Å². The SMILES string of the molecule is CC(C)CN1CCN(CCNC(C)C(C)C)CC1. The average molecular weight is 255 g/mol. The van der Waals surface area contributed by atoms with Crippen LogP contribution in [0, 0.1) is 11.8 Å². The van der Waals surface area contributed by atoms with Crippen LogP contribution in [-0.4, -0.2) is 61.7 Å². The maximum atomic E-state index is 3.62. The molecule has 1 unspecified atom stereocenters. The zero-order valence-electron chi connectivity index (χ0n) is 13.1. The topological polar surface area (TPSA) is 18.5 Å². The predicted octanol–water partition coefficient (Wildman–Crippen LogP) is 1.89. The van der Waals surface area contributed by atoms with E-state index in [1.54, 1.807) is 0 Å². The molecular formula is C15H33N3. The lowest BCUT2D eigenvalue weighted by Crippen LogP contribution is -2.49. The van der Waals surface area contributed by atoms with Crippen molar-refractivity contribution in [1.29, 1.82) is 0 Å². The molecule has 18 heavy (non-hydrogen) atoms. The first-order valence-corrected chi connectivity index (χ1v) is 7.67. The van der Waals surface area contributed by atoms with Gasteiger partial charge in [-0.25, -0.2) is 0 Å². The Labute approximate surface area is 114 Å². The molecule has 0 spiro atoms. The molecule has 0 bridgehead atoms. The van der Waals surface area contributed by atoms with E-state index in [1.165, 1.54) is 39.3 Å². The van der Waals surface area contributed by atoms with Crippen LogP contribution in [0.5, 0.6) is 0 Å². The number of hydrogen-bond donors (Lipinski definition) is 1. The number of piperazine rings is 1. The van der Waals surface area contributed by atoms with Crippen molar-refractivity contribution >= 4 is 0 Å². The summed E-state index contributed by atoms with van der Waals surface area (Å²) in [5.74, 6) is 1.53. The van der Waals surface area contributed by atoms with Gasteiger partial charge >= 0.3 is 0 Å². The van der Waals surface area contributed by atoms with Crippen molar-refractivity contribution in [3.05, 3.63) is 0 Å². The lowest BCUT2D eigenvalue weighted by molar-refractivity contribution is 0.122. The summed E-state index contributed by atoms with van der Waals surface area (Å²) >= 11 is 0. The van der Waals surface area contributed by atoms with Crippen molar-refractivity contribution in [3.63, 3.8) is 0 Å². The standard InChI is InChI=1S/C15H33N3/c1-13(2)12-18-10-8-17(9-11-18)7-6-16-15(5)14(3)4/h13-16H,6-12H2,1-5H3. The highest BCUT2D eigenvalue weighted by Crippen LogP contribution is 2.05. The van der Waals surface area contributed by atoms with Gasteiger partial charge in [0, 0.05) is 51.9 Å².